The third-order valence-electron chi connectivity index (χ3n) is 3.67. The van der Waals surface area contributed by atoms with Crippen LogP contribution in [-0.2, 0) is 0 Å². The number of halogens is 2. The van der Waals surface area contributed by atoms with Crippen LogP contribution in [0.5, 0.6) is 5.75 Å². The lowest BCUT2D eigenvalue weighted by Crippen LogP contribution is -2.29. The molecule has 100 valence electrons. The molecule has 2 atom stereocenters. The van der Waals surface area contributed by atoms with Gasteiger partial charge in [-0.15, -0.1) is 0 Å². The van der Waals surface area contributed by atoms with Gasteiger partial charge >= 0.3 is 0 Å². The van der Waals surface area contributed by atoms with Crippen molar-refractivity contribution in [3.8, 4) is 5.75 Å². The van der Waals surface area contributed by atoms with Gasteiger partial charge in [-0.3, -0.25) is 0 Å². The van der Waals surface area contributed by atoms with Gasteiger partial charge in [-0.25, -0.2) is 8.78 Å². The highest BCUT2D eigenvalue weighted by Crippen LogP contribution is 2.28. The van der Waals surface area contributed by atoms with Crippen LogP contribution in [0.2, 0.25) is 0 Å². The third kappa shape index (κ3) is 3.19. The van der Waals surface area contributed by atoms with Gasteiger partial charge in [0.15, 0.2) is 11.6 Å². The summed E-state index contributed by atoms with van der Waals surface area (Å²) in [6.45, 7) is 0.434. The van der Waals surface area contributed by atoms with E-state index < -0.39 is 11.6 Å². The SMILES string of the molecule is CNC1CCCC1CCOc1cc(F)ccc1F. The van der Waals surface area contributed by atoms with Crippen molar-refractivity contribution in [2.45, 2.75) is 31.7 Å². The molecule has 1 aliphatic carbocycles. The van der Waals surface area contributed by atoms with Crippen molar-refractivity contribution >= 4 is 0 Å². The standard InChI is InChI=1S/C14H19F2NO/c1-17-13-4-2-3-10(13)7-8-18-14-9-11(15)5-6-12(14)16/h5-6,9-10,13,17H,2-4,7-8H2,1H3. The molecule has 1 saturated carbocycles. The quantitative estimate of drug-likeness (QED) is 0.872. The summed E-state index contributed by atoms with van der Waals surface area (Å²) in [7, 11) is 1.97. The predicted octanol–water partition coefficient (Wildman–Crippen LogP) is 3.12. The molecule has 2 unspecified atom stereocenters. The molecule has 18 heavy (non-hydrogen) atoms. The summed E-state index contributed by atoms with van der Waals surface area (Å²) in [5, 5.41) is 3.29. The molecule has 0 aromatic heterocycles. The molecule has 0 heterocycles. The zero-order valence-electron chi connectivity index (χ0n) is 10.6. The van der Waals surface area contributed by atoms with E-state index in [1.165, 1.54) is 19.3 Å². The van der Waals surface area contributed by atoms with Crippen molar-refractivity contribution in [1.29, 1.82) is 0 Å². The number of hydrogen-bond donors (Lipinski definition) is 1. The first-order chi connectivity index (χ1) is 8.70. The van der Waals surface area contributed by atoms with E-state index in [4.69, 9.17) is 4.74 Å². The first-order valence-electron chi connectivity index (χ1n) is 6.46. The zero-order chi connectivity index (χ0) is 13.0. The molecule has 4 heteroatoms. The van der Waals surface area contributed by atoms with Gasteiger partial charge in [0, 0.05) is 12.1 Å². The van der Waals surface area contributed by atoms with Gasteiger partial charge in [-0.2, -0.15) is 0 Å². The van der Waals surface area contributed by atoms with Gasteiger partial charge in [0.05, 0.1) is 6.61 Å². The van der Waals surface area contributed by atoms with E-state index in [0.29, 0.717) is 18.6 Å². The lowest BCUT2D eigenvalue weighted by Gasteiger charge is -2.19. The minimum Gasteiger partial charge on any atom is -0.490 e. The highest BCUT2D eigenvalue weighted by molar-refractivity contribution is 5.24. The van der Waals surface area contributed by atoms with Crippen molar-refractivity contribution in [3.63, 3.8) is 0 Å². The smallest absolute Gasteiger partial charge is 0.165 e. The van der Waals surface area contributed by atoms with E-state index >= 15 is 0 Å². The second kappa shape index (κ2) is 6.14. The lowest BCUT2D eigenvalue weighted by molar-refractivity contribution is 0.253. The molecule has 0 spiro atoms. The Morgan fingerprint density at radius 1 is 1.33 bits per heavy atom. The highest BCUT2D eigenvalue weighted by Gasteiger charge is 2.25. The van der Waals surface area contributed by atoms with Gasteiger partial charge in [0.25, 0.3) is 0 Å². The van der Waals surface area contributed by atoms with Gasteiger partial charge in [-0.1, -0.05) is 6.42 Å². The van der Waals surface area contributed by atoms with Crippen molar-refractivity contribution in [1.82, 2.24) is 5.32 Å². The summed E-state index contributed by atoms with van der Waals surface area (Å²) >= 11 is 0. The van der Waals surface area contributed by atoms with Gasteiger partial charge in [0.1, 0.15) is 5.82 Å². The first kappa shape index (κ1) is 13.3. The molecule has 1 aliphatic rings. The fourth-order valence-electron chi connectivity index (χ4n) is 2.67. The molecule has 2 rings (SSSR count). The van der Waals surface area contributed by atoms with Gasteiger partial charge < -0.3 is 10.1 Å². The van der Waals surface area contributed by atoms with Crippen molar-refractivity contribution in [2.75, 3.05) is 13.7 Å². The Balaban J connectivity index is 1.83. The maximum atomic E-state index is 13.3. The zero-order valence-corrected chi connectivity index (χ0v) is 10.6. The van der Waals surface area contributed by atoms with E-state index in [1.54, 1.807) is 0 Å². The van der Waals surface area contributed by atoms with Crippen molar-refractivity contribution in [3.05, 3.63) is 29.8 Å². The molecule has 0 radical (unpaired) electrons. The molecule has 1 fully saturated rings. The molecule has 0 amide bonds. The summed E-state index contributed by atoms with van der Waals surface area (Å²) < 4.78 is 31.6. The molecule has 0 saturated heterocycles. The third-order valence-corrected chi connectivity index (χ3v) is 3.67. The van der Waals surface area contributed by atoms with Gasteiger partial charge in [0.2, 0.25) is 0 Å². The van der Waals surface area contributed by atoms with Crippen LogP contribution < -0.4 is 10.1 Å². The summed E-state index contributed by atoms with van der Waals surface area (Å²) in [5.74, 6) is -0.394. The summed E-state index contributed by atoms with van der Waals surface area (Å²) in [4.78, 5) is 0. The molecule has 1 aromatic rings. The predicted molar refractivity (Wildman–Crippen MR) is 66.7 cm³/mol. The Morgan fingerprint density at radius 3 is 2.94 bits per heavy atom. The Hall–Kier alpha value is -1.16. The van der Waals surface area contributed by atoms with Crippen molar-refractivity contribution < 1.29 is 13.5 Å². The lowest BCUT2D eigenvalue weighted by atomic mass is 10.0. The topological polar surface area (TPSA) is 21.3 Å². The normalized spacial score (nSPS) is 23.3. The summed E-state index contributed by atoms with van der Waals surface area (Å²) in [6, 6.07) is 3.82. The monoisotopic (exact) mass is 255 g/mol. The molecule has 0 bridgehead atoms. The van der Waals surface area contributed by atoms with E-state index in [1.807, 2.05) is 7.05 Å². The van der Waals surface area contributed by atoms with Crippen LogP contribution in [0.4, 0.5) is 8.78 Å². The molecular weight excluding hydrogens is 236 g/mol. The minimum absolute atomic E-state index is 0.00834. The summed E-state index contributed by atoms with van der Waals surface area (Å²) in [6.07, 6.45) is 4.47. The number of benzene rings is 1. The van der Waals surface area contributed by atoms with Crippen LogP contribution in [0.3, 0.4) is 0 Å². The van der Waals surface area contributed by atoms with Crippen LogP contribution >= 0.6 is 0 Å². The molecule has 1 N–H and O–H groups in total. The second-order valence-electron chi connectivity index (χ2n) is 4.80. The Bertz CT molecular complexity index is 397. The Kier molecular flexibility index (Phi) is 4.53. The molecule has 1 aromatic carbocycles. The Morgan fingerprint density at radius 2 is 2.17 bits per heavy atom. The molecule has 2 nitrogen and oxygen atoms in total. The number of ether oxygens (including phenoxy) is 1. The van der Waals surface area contributed by atoms with Crippen molar-refractivity contribution in [2.24, 2.45) is 5.92 Å². The number of hydrogen-bond acceptors (Lipinski definition) is 2. The minimum atomic E-state index is -0.506. The van der Waals surface area contributed by atoms with E-state index in [2.05, 4.69) is 5.32 Å². The number of nitrogens with one attached hydrogen (secondary N) is 1. The maximum Gasteiger partial charge on any atom is 0.165 e. The van der Waals surface area contributed by atoms with Crippen LogP contribution in [0.1, 0.15) is 25.7 Å². The first-order valence-corrected chi connectivity index (χ1v) is 6.46. The highest BCUT2D eigenvalue weighted by atomic mass is 19.1. The Labute approximate surface area is 106 Å². The molecular formula is C14H19F2NO. The summed E-state index contributed by atoms with van der Waals surface area (Å²) in [5.41, 5.74) is 0. The van der Waals surface area contributed by atoms with E-state index in [9.17, 15) is 8.78 Å². The van der Waals surface area contributed by atoms with Gasteiger partial charge in [-0.05, 0) is 44.4 Å². The second-order valence-corrected chi connectivity index (χ2v) is 4.80. The average molecular weight is 255 g/mol. The van der Waals surface area contributed by atoms with Crippen LogP contribution in [-0.4, -0.2) is 19.7 Å². The average Bonchev–Trinajstić information content (AvgIpc) is 2.81. The fourth-order valence-corrected chi connectivity index (χ4v) is 2.67. The van der Waals surface area contributed by atoms with E-state index in [0.717, 1.165) is 24.6 Å². The number of rotatable bonds is 5. The maximum absolute atomic E-state index is 13.3. The van der Waals surface area contributed by atoms with Crippen LogP contribution in [0.25, 0.3) is 0 Å². The fraction of sp³-hybridized carbons (Fsp3) is 0.571. The van der Waals surface area contributed by atoms with Crippen LogP contribution in [0.15, 0.2) is 18.2 Å². The molecule has 0 aliphatic heterocycles. The van der Waals surface area contributed by atoms with Crippen LogP contribution in [0, 0.1) is 17.6 Å². The largest absolute Gasteiger partial charge is 0.490 e. The van der Waals surface area contributed by atoms with E-state index in [-0.39, 0.29) is 5.75 Å².